The van der Waals surface area contributed by atoms with Crippen molar-refractivity contribution in [1.82, 2.24) is 25.2 Å². The van der Waals surface area contributed by atoms with Crippen LogP contribution in [0.3, 0.4) is 0 Å². The quantitative estimate of drug-likeness (QED) is 0.206. The predicted octanol–water partition coefficient (Wildman–Crippen LogP) is 0.129. The summed E-state index contributed by atoms with van der Waals surface area (Å²) in [6.45, 7) is 15.4. The van der Waals surface area contributed by atoms with Gasteiger partial charge >= 0.3 is 0 Å². The Morgan fingerprint density at radius 1 is 1.03 bits per heavy atom. The van der Waals surface area contributed by atoms with Crippen LogP contribution in [0, 0.1) is 0 Å². The monoisotopic (exact) mass is 503 g/mol. The van der Waals surface area contributed by atoms with Gasteiger partial charge in [-0.05, 0) is 13.8 Å². The molecule has 0 spiro atoms. The van der Waals surface area contributed by atoms with Gasteiger partial charge in [-0.2, -0.15) is 0 Å². The molecule has 0 aromatic carbocycles. The second-order valence-corrected chi connectivity index (χ2v) is 10.7. The summed E-state index contributed by atoms with van der Waals surface area (Å²) in [7, 11) is -2.86. The average molecular weight is 504 g/mol. The molecule has 196 valence electrons. The van der Waals surface area contributed by atoms with Gasteiger partial charge in [-0.15, -0.1) is 5.10 Å². The first-order valence-corrected chi connectivity index (χ1v) is 13.7. The lowest BCUT2D eigenvalue weighted by Gasteiger charge is -2.25. The van der Waals surface area contributed by atoms with Crippen LogP contribution in [0.1, 0.15) is 19.5 Å². The lowest BCUT2D eigenvalue weighted by molar-refractivity contribution is -0.00250. The van der Waals surface area contributed by atoms with Gasteiger partial charge in [0, 0.05) is 38.4 Å². The molecule has 0 radical (unpaired) electrons. The molecule has 1 unspecified atom stereocenters. The number of hydrogen-bond acceptors (Lipinski definition) is 10. The maximum Gasteiger partial charge on any atom is 0.152 e. The molecule has 1 atom stereocenters. The van der Waals surface area contributed by atoms with Crippen molar-refractivity contribution in [3.8, 4) is 0 Å². The van der Waals surface area contributed by atoms with Gasteiger partial charge in [0.2, 0.25) is 0 Å². The lowest BCUT2D eigenvalue weighted by atomic mass is 10.2. The summed E-state index contributed by atoms with van der Waals surface area (Å²) in [6, 6.07) is 0.303. The van der Waals surface area contributed by atoms with Crippen molar-refractivity contribution in [2.45, 2.75) is 33.0 Å². The Hall–Kier alpha value is -1.41. The van der Waals surface area contributed by atoms with Gasteiger partial charge in [0.15, 0.2) is 9.84 Å². The van der Waals surface area contributed by atoms with E-state index in [1.807, 2.05) is 13.1 Å². The van der Waals surface area contributed by atoms with Crippen molar-refractivity contribution in [3.63, 3.8) is 0 Å². The highest BCUT2D eigenvalue weighted by Gasteiger charge is 2.22. The fourth-order valence-corrected chi connectivity index (χ4v) is 4.38. The standard InChI is InChI=1S/C22H41N5O6S/c1-20(2)21(3)23-4-8-30-10-12-32-14-15-33-13-11-31-9-5-27-19-22(24-25-27)18-26-6-16-34(28,29)17-7-26/h19,21,23H,1,4-18H2,2-3H3. The zero-order chi connectivity index (χ0) is 24.7. The average Bonchev–Trinajstić information content (AvgIpc) is 3.24. The Morgan fingerprint density at radius 2 is 1.59 bits per heavy atom. The molecule has 1 aromatic heterocycles. The summed E-state index contributed by atoms with van der Waals surface area (Å²) in [6.07, 6.45) is 1.88. The van der Waals surface area contributed by atoms with E-state index in [1.165, 1.54) is 0 Å². The highest BCUT2D eigenvalue weighted by Crippen LogP contribution is 2.07. The predicted molar refractivity (Wildman–Crippen MR) is 130 cm³/mol. The summed E-state index contributed by atoms with van der Waals surface area (Å²) >= 11 is 0. The molecule has 11 nitrogen and oxygen atoms in total. The van der Waals surface area contributed by atoms with Gasteiger partial charge in [0.05, 0.1) is 76.6 Å². The van der Waals surface area contributed by atoms with Crippen molar-refractivity contribution < 1.29 is 27.4 Å². The molecular weight excluding hydrogens is 462 g/mol. The van der Waals surface area contributed by atoms with E-state index >= 15 is 0 Å². The van der Waals surface area contributed by atoms with E-state index in [2.05, 4.69) is 34.0 Å². The third-order valence-electron chi connectivity index (χ3n) is 5.43. The van der Waals surface area contributed by atoms with Crippen LogP contribution < -0.4 is 5.32 Å². The Labute approximate surface area is 203 Å². The second kappa shape index (κ2) is 16.3. The number of sulfone groups is 1. The maximum absolute atomic E-state index is 11.5. The molecule has 0 saturated carbocycles. The molecule has 1 aliphatic rings. The van der Waals surface area contributed by atoms with Crippen molar-refractivity contribution in [3.05, 3.63) is 24.0 Å². The van der Waals surface area contributed by atoms with Crippen molar-refractivity contribution >= 4 is 9.84 Å². The highest BCUT2D eigenvalue weighted by atomic mass is 32.2. The van der Waals surface area contributed by atoms with E-state index < -0.39 is 9.84 Å². The number of hydrogen-bond donors (Lipinski definition) is 1. The van der Waals surface area contributed by atoms with E-state index in [1.54, 1.807) is 4.68 Å². The SMILES string of the molecule is C=C(C)C(C)NCCOCCOCCOCCOCCn1cc(CN2CCS(=O)(=O)CC2)nn1. The molecule has 34 heavy (non-hydrogen) atoms. The summed E-state index contributed by atoms with van der Waals surface area (Å²) in [4.78, 5) is 2.09. The first-order valence-electron chi connectivity index (χ1n) is 11.9. The fourth-order valence-electron chi connectivity index (χ4n) is 3.10. The number of aromatic nitrogens is 3. The Bertz CT molecular complexity index is 789. The molecular formula is C22H41N5O6S. The van der Waals surface area contributed by atoms with E-state index in [4.69, 9.17) is 18.9 Å². The molecule has 1 N–H and O–H groups in total. The van der Waals surface area contributed by atoms with Crippen LogP contribution in [0.15, 0.2) is 18.3 Å². The van der Waals surface area contributed by atoms with Gasteiger partial charge in [-0.3, -0.25) is 4.90 Å². The van der Waals surface area contributed by atoms with Crippen LogP contribution in [0.2, 0.25) is 0 Å². The van der Waals surface area contributed by atoms with Gasteiger partial charge in [0.25, 0.3) is 0 Å². The van der Waals surface area contributed by atoms with Crippen LogP contribution >= 0.6 is 0 Å². The van der Waals surface area contributed by atoms with Crippen molar-refractivity contribution in [1.29, 1.82) is 0 Å². The van der Waals surface area contributed by atoms with Crippen LogP contribution in [-0.2, 0) is 41.9 Å². The molecule has 1 aliphatic heterocycles. The number of nitrogens with one attached hydrogen (secondary N) is 1. The van der Waals surface area contributed by atoms with E-state index in [0.29, 0.717) is 85.1 Å². The Morgan fingerprint density at radius 3 is 2.18 bits per heavy atom. The topological polar surface area (TPSA) is 117 Å². The summed E-state index contributed by atoms with van der Waals surface area (Å²) in [5.41, 5.74) is 1.95. The van der Waals surface area contributed by atoms with Crippen LogP contribution in [0.25, 0.3) is 0 Å². The first kappa shape index (κ1) is 28.8. The minimum absolute atomic E-state index is 0.214. The zero-order valence-electron chi connectivity index (χ0n) is 20.6. The molecule has 1 saturated heterocycles. The van der Waals surface area contributed by atoms with Crippen LogP contribution in [0.5, 0.6) is 0 Å². The minimum Gasteiger partial charge on any atom is -0.378 e. The smallest absolute Gasteiger partial charge is 0.152 e. The van der Waals surface area contributed by atoms with Crippen molar-refractivity contribution in [2.75, 3.05) is 84.0 Å². The third kappa shape index (κ3) is 12.9. The maximum atomic E-state index is 11.5. The second-order valence-electron chi connectivity index (χ2n) is 8.37. The minimum atomic E-state index is -2.86. The fraction of sp³-hybridized carbons (Fsp3) is 0.818. The molecule has 12 heteroatoms. The van der Waals surface area contributed by atoms with Crippen molar-refractivity contribution in [2.24, 2.45) is 0 Å². The highest BCUT2D eigenvalue weighted by molar-refractivity contribution is 7.91. The van der Waals surface area contributed by atoms with E-state index in [9.17, 15) is 8.42 Å². The first-order chi connectivity index (χ1) is 16.4. The molecule has 1 aromatic rings. The van der Waals surface area contributed by atoms with Gasteiger partial charge in [-0.1, -0.05) is 17.4 Å². The lowest BCUT2D eigenvalue weighted by Crippen LogP contribution is -2.39. The van der Waals surface area contributed by atoms with Crippen LogP contribution in [0.4, 0.5) is 0 Å². The Kier molecular flexibility index (Phi) is 13.8. The summed E-state index contributed by atoms with van der Waals surface area (Å²) < 4.78 is 46.8. The van der Waals surface area contributed by atoms with Gasteiger partial charge in [-0.25, -0.2) is 13.1 Å². The molecule has 0 aliphatic carbocycles. The normalized spacial score (nSPS) is 17.1. The van der Waals surface area contributed by atoms with E-state index in [0.717, 1.165) is 17.8 Å². The molecule has 2 rings (SSSR count). The number of rotatable bonds is 19. The summed E-state index contributed by atoms with van der Waals surface area (Å²) in [5, 5.41) is 11.6. The third-order valence-corrected chi connectivity index (χ3v) is 7.03. The Balaban J connectivity index is 1.35. The molecule has 2 heterocycles. The largest absolute Gasteiger partial charge is 0.378 e. The number of nitrogens with zero attached hydrogens (tertiary/aromatic N) is 4. The van der Waals surface area contributed by atoms with Gasteiger partial charge in [0.1, 0.15) is 0 Å². The van der Waals surface area contributed by atoms with E-state index in [-0.39, 0.29) is 11.5 Å². The summed E-state index contributed by atoms with van der Waals surface area (Å²) in [5.74, 6) is 0.427. The molecule has 0 bridgehead atoms. The molecule has 1 fully saturated rings. The number of ether oxygens (including phenoxy) is 4. The zero-order valence-corrected chi connectivity index (χ0v) is 21.4. The molecule has 0 amide bonds. The van der Waals surface area contributed by atoms with Gasteiger partial charge < -0.3 is 24.3 Å². The van der Waals surface area contributed by atoms with Crippen LogP contribution in [-0.4, -0.2) is 118 Å².